The predicted octanol–water partition coefficient (Wildman–Crippen LogP) is 3.48. The van der Waals surface area contributed by atoms with Crippen LogP contribution in [0.25, 0.3) is 10.9 Å². The van der Waals surface area contributed by atoms with Gasteiger partial charge in [-0.25, -0.2) is 0 Å². The van der Waals surface area contributed by atoms with Gasteiger partial charge in [0.05, 0.1) is 11.5 Å². The van der Waals surface area contributed by atoms with E-state index in [9.17, 15) is 14.9 Å². The fraction of sp³-hybridized carbons (Fsp3) is 0.375. The topological polar surface area (TPSA) is 80.8 Å². The minimum Gasteiger partial charge on any atom is -0.465 e. The van der Waals surface area contributed by atoms with E-state index in [2.05, 4.69) is 22.1 Å². The van der Waals surface area contributed by atoms with Crippen LogP contribution in [0.15, 0.2) is 54.7 Å². The summed E-state index contributed by atoms with van der Waals surface area (Å²) in [4.78, 5) is 27.5. The Morgan fingerprint density at radius 3 is 2.53 bits per heavy atom. The Morgan fingerprint density at radius 2 is 1.78 bits per heavy atom. The molecule has 3 aromatic rings. The highest BCUT2D eigenvalue weighted by Crippen LogP contribution is 2.28. The summed E-state index contributed by atoms with van der Waals surface area (Å²) in [7, 11) is 0. The van der Waals surface area contributed by atoms with Crippen molar-refractivity contribution in [2.24, 2.45) is 0 Å². The van der Waals surface area contributed by atoms with Gasteiger partial charge in [0.25, 0.3) is 5.69 Å². The Balaban J connectivity index is 1.39. The average molecular weight is 437 g/mol. The Kier molecular flexibility index (Phi) is 6.70. The van der Waals surface area contributed by atoms with Crippen molar-refractivity contribution in [1.82, 2.24) is 9.47 Å². The van der Waals surface area contributed by atoms with Gasteiger partial charge in [0, 0.05) is 55.9 Å². The van der Waals surface area contributed by atoms with Gasteiger partial charge in [0.15, 0.2) is 0 Å². The second-order valence-corrected chi connectivity index (χ2v) is 7.93. The van der Waals surface area contributed by atoms with E-state index >= 15 is 0 Å². The number of nitrogens with zero attached hydrogens (tertiary/aromatic N) is 4. The highest BCUT2D eigenvalue weighted by molar-refractivity contribution is 5.85. The molecule has 1 aromatic heterocycles. The summed E-state index contributed by atoms with van der Waals surface area (Å²) in [6.45, 7) is 6.53. The molecular formula is C24H28N4O4. The monoisotopic (exact) mass is 436 g/mol. The van der Waals surface area contributed by atoms with Gasteiger partial charge < -0.3 is 14.2 Å². The van der Waals surface area contributed by atoms with Crippen LogP contribution in [0, 0.1) is 10.1 Å². The van der Waals surface area contributed by atoms with Crippen molar-refractivity contribution < 1.29 is 14.5 Å². The van der Waals surface area contributed by atoms with Gasteiger partial charge >= 0.3 is 5.97 Å². The van der Waals surface area contributed by atoms with E-state index in [1.807, 2.05) is 41.8 Å². The number of fused-ring (bicyclic) bond motifs is 1. The minimum absolute atomic E-state index is 0.162. The minimum atomic E-state index is -0.312. The zero-order chi connectivity index (χ0) is 22.5. The summed E-state index contributed by atoms with van der Waals surface area (Å²) in [5.41, 5.74) is 3.11. The number of carbonyl (C=O) groups is 1. The second-order valence-electron chi connectivity index (χ2n) is 7.93. The maximum absolute atomic E-state index is 12.0. The lowest BCUT2D eigenvalue weighted by Crippen LogP contribution is -2.47. The molecule has 0 unspecified atom stereocenters. The first-order valence-corrected chi connectivity index (χ1v) is 11.0. The third-order valence-electron chi connectivity index (χ3n) is 5.96. The zero-order valence-electron chi connectivity index (χ0n) is 18.3. The maximum Gasteiger partial charge on any atom is 0.325 e. The van der Waals surface area contributed by atoms with Crippen molar-refractivity contribution in [2.75, 3.05) is 44.2 Å². The molecule has 0 radical (unpaired) electrons. The number of esters is 1. The van der Waals surface area contributed by atoms with Crippen LogP contribution in [0.2, 0.25) is 0 Å². The molecule has 2 aromatic carbocycles. The van der Waals surface area contributed by atoms with Crippen molar-refractivity contribution >= 4 is 28.2 Å². The quantitative estimate of drug-likeness (QED) is 0.306. The van der Waals surface area contributed by atoms with Crippen molar-refractivity contribution in [3.05, 3.63) is 70.4 Å². The third kappa shape index (κ3) is 4.75. The summed E-state index contributed by atoms with van der Waals surface area (Å²) >= 11 is 0. The number of piperazine rings is 1. The summed E-state index contributed by atoms with van der Waals surface area (Å²) in [5.74, 6) is -0.231. The molecule has 1 aliphatic rings. The Labute approximate surface area is 187 Å². The van der Waals surface area contributed by atoms with E-state index in [-0.39, 0.29) is 23.1 Å². The van der Waals surface area contributed by atoms with Crippen LogP contribution in [0.5, 0.6) is 0 Å². The molecule has 1 saturated heterocycles. The fourth-order valence-electron chi connectivity index (χ4n) is 4.38. The summed E-state index contributed by atoms with van der Waals surface area (Å²) < 4.78 is 7.08. The molecule has 8 nitrogen and oxygen atoms in total. The molecule has 2 heterocycles. The van der Waals surface area contributed by atoms with Crippen molar-refractivity contribution in [3.8, 4) is 0 Å². The number of aromatic nitrogens is 1. The second kappa shape index (κ2) is 9.82. The van der Waals surface area contributed by atoms with Crippen LogP contribution in [0.3, 0.4) is 0 Å². The molecule has 4 rings (SSSR count). The molecule has 0 amide bonds. The standard InChI is InChI=1S/C24H28N4O4/c1-2-32-24(29)18-27-17-19(20-7-3-4-8-21(20)27)11-12-25-13-15-26(16-14-25)22-9-5-6-10-23(22)28(30)31/h3-10,17H,2,11-16,18H2,1H3. The van der Waals surface area contributed by atoms with Crippen molar-refractivity contribution in [3.63, 3.8) is 0 Å². The van der Waals surface area contributed by atoms with E-state index in [1.165, 1.54) is 5.56 Å². The number of rotatable bonds is 8. The van der Waals surface area contributed by atoms with E-state index in [1.54, 1.807) is 12.1 Å². The molecule has 8 heteroatoms. The molecule has 0 aliphatic carbocycles. The van der Waals surface area contributed by atoms with Gasteiger partial charge in [-0.1, -0.05) is 30.3 Å². The summed E-state index contributed by atoms with van der Waals surface area (Å²) in [6, 6.07) is 15.1. The van der Waals surface area contributed by atoms with Gasteiger partial charge in [-0.3, -0.25) is 19.8 Å². The number of nitro benzene ring substituents is 1. The molecule has 1 aliphatic heterocycles. The summed E-state index contributed by atoms with van der Waals surface area (Å²) in [5, 5.41) is 12.5. The molecule has 0 atom stereocenters. The average Bonchev–Trinajstić information content (AvgIpc) is 3.15. The number of hydrogen-bond acceptors (Lipinski definition) is 6. The van der Waals surface area contributed by atoms with Crippen molar-refractivity contribution in [1.29, 1.82) is 0 Å². The highest BCUT2D eigenvalue weighted by Gasteiger charge is 2.23. The Morgan fingerprint density at radius 1 is 1.06 bits per heavy atom. The number of anilines is 1. The normalized spacial score (nSPS) is 14.6. The number of para-hydroxylation sites is 3. The van der Waals surface area contributed by atoms with Gasteiger partial charge in [-0.05, 0) is 31.0 Å². The Hall–Kier alpha value is -3.39. The first-order valence-electron chi connectivity index (χ1n) is 11.0. The summed E-state index contributed by atoms with van der Waals surface area (Å²) in [6.07, 6.45) is 2.94. The zero-order valence-corrected chi connectivity index (χ0v) is 18.3. The van der Waals surface area contributed by atoms with Gasteiger partial charge in [-0.2, -0.15) is 0 Å². The Bertz CT molecular complexity index is 1100. The van der Waals surface area contributed by atoms with E-state index < -0.39 is 0 Å². The van der Waals surface area contributed by atoms with Gasteiger partial charge in [-0.15, -0.1) is 0 Å². The maximum atomic E-state index is 12.0. The van der Waals surface area contributed by atoms with Crippen molar-refractivity contribution in [2.45, 2.75) is 19.9 Å². The molecule has 1 fully saturated rings. The number of ether oxygens (including phenoxy) is 1. The third-order valence-corrected chi connectivity index (χ3v) is 5.96. The fourth-order valence-corrected chi connectivity index (χ4v) is 4.38. The van der Waals surface area contributed by atoms with Crippen LogP contribution in [-0.4, -0.2) is 59.7 Å². The highest BCUT2D eigenvalue weighted by atomic mass is 16.6. The molecule has 0 N–H and O–H groups in total. The molecular weight excluding hydrogens is 408 g/mol. The number of hydrogen-bond donors (Lipinski definition) is 0. The molecule has 0 bridgehead atoms. The molecule has 0 saturated carbocycles. The van der Waals surface area contributed by atoms with Gasteiger partial charge in [0.1, 0.15) is 12.2 Å². The first-order chi connectivity index (χ1) is 15.6. The SMILES string of the molecule is CCOC(=O)Cn1cc(CCN2CCN(c3ccccc3[N+](=O)[O-])CC2)c2ccccc21. The number of benzene rings is 2. The lowest BCUT2D eigenvalue weighted by Gasteiger charge is -2.35. The number of nitro groups is 1. The van der Waals surface area contributed by atoms with Gasteiger partial charge in [0.2, 0.25) is 0 Å². The van der Waals surface area contributed by atoms with Crippen LogP contribution in [0.1, 0.15) is 12.5 Å². The molecule has 0 spiro atoms. The first kappa shape index (κ1) is 21.8. The van der Waals surface area contributed by atoms with E-state index in [4.69, 9.17) is 4.74 Å². The lowest BCUT2D eigenvalue weighted by molar-refractivity contribution is -0.384. The smallest absolute Gasteiger partial charge is 0.325 e. The van der Waals surface area contributed by atoms with Crippen LogP contribution in [0.4, 0.5) is 11.4 Å². The number of carbonyl (C=O) groups excluding carboxylic acids is 1. The largest absolute Gasteiger partial charge is 0.465 e. The van der Waals surface area contributed by atoms with E-state index in [0.717, 1.165) is 50.0 Å². The molecule has 32 heavy (non-hydrogen) atoms. The van der Waals surface area contributed by atoms with Crippen LogP contribution in [-0.2, 0) is 22.5 Å². The van der Waals surface area contributed by atoms with E-state index in [0.29, 0.717) is 12.3 Å². The van der Waals surface area contributed by atoms with Crippen LogP contribution < -0.4 is 4.90 Å². The lowest BCUT2D eigenvalue weighted by atomic mass is 10.1. The van der Waals surface area contributed by atoms with Crippen LogP contribution >= 0.6 is 0 Å². The molecule has 168 valence electrons. The predicted molar refractivity (Wildman–Crippen MR) is 124 cm³/mol.